The molecule has 2 heterocycles. The lowest BCUT2D eigenvalue weighted by Gasteiger charge is -2.29. The van der Waals surface area contributed by atoms with E-state index in [1.807, 2.05) is 25.2 Å². The first-order valence-electron chi connectivity index (χ1n) is 4.01. The Morgan fingerprint density at radius 1 is 1.58 bits per heavy atom. The fourth-order valence-corrected chi connectivity index (χ4v) is 1.41. The van der Waals surface area contributed by atoms with Crippen LogP contribution in [0.3, 0.4) is 0 Å². The van der Waals surface area contributed by atoms with Crippen LogP contribution in [0.2, 0.25) is 0 Å². The Kier molecular flexibility index (Phi) is 1.57. The monoisotopic (exact) mass is 162 g/mol. The number of carbonyl (C=O) groups excluding carboxylic acids is 1. The molecule has 0 N–H and O–H groups in total. The van der Waals surface area contributed by atoms with Gasteiger partial charge in [-0.2, -0.15) is 4.99 Å². The highest BCUT2D eigenvalue weighted by Gasteiger charge is 2.20. The lowest BCUT2D eigenvalue weighted by Crippen LogP contribution is -2.35. The number of allylic oxidation sites excluding steroid dienone is 3. The highest BCUT2D eigenvalue weighted by molar-refractivity contribution is 6.04. The van der Waals surface area contributed by atoms with Crippen molar-refractivity contribution in [2.75, 3.05) is 6.54 Å². The van der Waals surface area contributed by atoms with Crippen LogP contribution in [0.4, 0.5) is 0 Å². The number of nitrogens with zero attached hydrogens (tertiary/aromatic N) is 2. The topological polar surface area (TPSA) is 32.7 Å². The number of amides is 1. The van der Waals surface area contributed by atoms with Crippen molar-refractivity contribution < 1.29 is 4.79 Å². The third-order valence-corrected chi connectivity index (χ3v) is 2.07. The van der Waals surface area contributed by atoms with Crippen molar-refractivity contribution in [1.82, 2.24) is 4.90 Å². The number of hydrogen-bond donors (Lipinski definition) is 0. The minimum absolute atomic E-state index is 0.0133. The number of rotatable bonds is 0. The first-order valence-corrected chi connectivity index (χ1v) is 4.01. The van der Waals surface area contributed by atoms with E-state index in [9.17, 15) is 4.79 Å². The normalized spacial score (nSPS) is 21.8. The molecule has 0 saturated carbocycles. The van der Waals surface area contributed by atoms with Gasteiger partial charge >= 0.3 is 0 Å². The van der Waals surface area contributed by atoms with Gasteiger partial charge in [-0.05, 0) is 19.1 Å². The van der Waals surface area contributed by atoms with Crippen LogP contribution in [0.1, 0.15) is 13.3 Å². The van der Waals surface area contributed by atoms with Gasteiger partial charge in [0.15, 0.2) is 0 Å². The van der Waals surface area contributed by atoms with Crippen molar-refractivity contribution in [3.63, 3.8) is 0 Å². The molecule has 0 radical (unpaired) electrons. The number of hydrogen-bond acceptors (Lipinski definition) is 2. The second-order valence-electron chi connectivity index (χ2n) is 2.93. The van der Waals surface area contributed by atoms with Gasteiger partial charge in [-0.25, -0.2) is 0 Å². The molecule has 0 aromatic heterocycles. The third kappa shape index (κ3) is 1.07. The molecule has 0 aliphatic carbocycles. The van der Waals surface area contributed by atoms with E-state index in [4.69, 9.17) is 0 Å². The Bertz CT molecular complexity index is 312. The van der Waals surface area contributed by atoms with E-state index in [1.165, 1.54) is 0 Å². The van der Waals surface area contributed by atoms with Gasteiger partial charge in [-0.3, -0.25) is 4.79 Å². The maximum Gasteiger partial charge on any atom is 0.249 e. The average molecular weight is 162 g/mol. The minimum Gasteiger partial charge on any atom is -0.330 e. The second-order valence-corrected chi connectivity index (χ2v) is 2.93. The summed E-state index contributed by atoms with van der Waals surface area (Å²) >= 11 is 0. The van der Waals surface area contributed by atoms with Gasteiger partial charge < -0.3 is 4.90 Å². The van der Waals surface area contributed by atoms with E-state index in [-0.39, 0.29) is 5.91 Å². The summed E-state index contributed by atoms with van der Waals surface area (Å²) in [4.78, 5) is 16.9. The molecule has 0 atom stereocenters. The highest BCUT2D eigenvalue weighted by atomic mass is 16.1. The highest BCUT2D eigenvalue weighted by Crippen LogP contribution is 2.15. The molecule has 0 spiro atoms. The van der Waals surface area contributed by atoms with Gasteiger partial charge in [0.1, 0.15) is 5.84 Å². The molecular weight excluding hydrogens is 152 g/mol. The van der Waals surface area contributed by atoms with E-state index in [0.29, 0.717) is 6.42 Å². The van der Waals surface area contributed by atoms with E-state index in [1.54, 1.807) is 0 Å². The van der Waals surface area contributed by atoms with E-state index >= 15 is 0 Å². The zero-order chi connectivity index (χ0) is 8.55. The fraction of sp³-hybridized carbons (Fsp3) is 0.333. The summed E-state index contributed by atoms with van der Waals surface area (Å²) in [6.45, 7) is 2.79. The summed E-state index contributed by atoms with van der Waals surface area (Å²) in [5.41, 5.74) is 1.16. The quantitative estimate of drug-likeness (QED) is 0.534. The molecular formula is C9H10N2O. The zero-order valence-corrected chi connectivity index (χ0v) is 6.95. The number of amidine groups is 1. The van der Waals surface area contributed by atoms with Gasteiger partial charge in [0, 0.05) is 18.7 Å². The Labute approximate surface area is 71.1 Å². The predicted molar refractivity (Wildman–Crippen MR) is 46.7 cm³/mol. The van der Waals surface area contributed by atoms with Crippen LogP contribution in [0.15, 0.2) is 28.9 Å². The maximum atomic E-state index is 11.0. The van der Waals surface area contributed by atoms with Crippen molar-refractivity contribution >= 4 is 11.7 Å². The van der Waals surface area contributed by atoms with Gasteiger partial charge in [-0.1, -0.05) is 6.08 Å². The summed E-state index contributed by atoms with van der Waals surface area (Å²) in [7, 11) is 0. The molecule has 62 valence electrons. The third-order valence-electron chi connectivity index (χ3n) is 2.07. The standard InChI is InChI=1S/C9H10N2O/c1-7-3-2-4-8-10-9(12)5-6-11(7)8/h2-4H,5-6H2,1H3. The lowest BCUT2D eigenvalue weighted by molar-refractivity contribution is -0.118. The van der Waals surface area contributed by atoms with E-state index in [0.717, 1.165) is 18.1 Å². The van der Waals surface area contributed by atoms with E-state index < -0.39 is 0 Å². The Hall–Kier alpha value is -1.38. The molecule has 3 heteroatoms. The molecule has 0 fully saturated rings. The van der Waals surface area contributed by atoms with Crippen molar-refractivity contribution in [2.45, 2.75) is 13.3 Å². The zero-order valence-electron chi connectivity index (χ0n) is 6.95. The first kappa shape index (κ1) is 7.28. The summed E-state index contributed by atoms with van der Waals surface area (Å²) in [6, 6.07) is 0. The van der Waals surface area contributed by atoms with Crippen LogP contribution in [0, 0.1) is 0 Å². The number of carbonyl (C=O) groups is 1. The molecule has 0 aromatic carbocycles. The van der Waals surface area contributed by atoms with Gasteiger partial charge in [0.25, 0.3) is 0 Å². The molecule has 12 heavy (non-hydrogen) atoms. The molecule has 0 unspecified atom stereocenters. The Morgan fingerprint density at radius 3 is 3.25 bits per heavy atom. The average Bonchev–Trinajstić information content (AvgIpc) is 2.04. The smallest absolute Gasteiger partial charge is 0.249 e. The number of aliphatic imine (C=N–C) groups is 1. The van der Waals surface area contributed by atoms with Crippen LogP contribution in [-0.4, -0.2) is 23.2 Å². The second kappa shape index (κ2) is 2.59. The summed E-state index contributed by atoms with van der Waals surface area (Å²) in [6.07, 6.45) is 6.34. The molecule has 2 aliphatic rings. The SMILES string of the molecule is CC1=CC=CC2=NC(=O)CCN12. The van der Waals surface area contributed by atoms with Crippen molar-refractivity contribution in [1.29, 1.82) is 0 Å². The van der Waals surface area contributed by atoms with Crippen molar-refractivity contribution in [2.24, 2.45) is 4.99 Å². The first-order chi connectivity index (χ1) is 5.77. The molecule has 0 aromatic rings. The van der Waals surface area contributed by atoms with Crippen LogP contribution >= 0.6 is 0 Å². The molecule has 2 aliphatic heterocycles. The van der Waals surface area contributed by atoms with Gasteiger partial charge in [0.05, 0.1) is 0 Å². The fourth-order valence-electron chi connectivity index (χ4n) is 1.41. The largest absolute Gasteiger partial charge is 0.330 e. The summed E-state index contributed by atoms with van der Waals surface area (Å²) in [5.74, 6) is 0.770. The molecule has 0 saturated heterocycles. The Balaban J connectivity index is 2.37. The number of fused-ring (bicyclic) bond motifs is 1. The van der Waals surface area contributed by atoms with Crippen LogP contribution < -0.4 is 0 Å². The minimum atomic E-state index is -0.0133. The molecule has 2 rings (SSSR count). The van der Waals surface area contributed by atoms with Crippen molar-refractivity contribution in [3.8, 4) is 0 Å². The van der Waals surface area contributed by atoms with E-state index in [2.05, 4.69) is 9.89 Å². The van der Waals surface area contributed by atoms with Gasteiger partial charge in [0.2, 0.25) is 5.91 Å². The predicted octanol–water partition coefficient (Wildman–Crippen LogP) is 1.09. The molecule has 0 bridgehead atoms. The molecule has 1 amide bonds. The van der Waals surface area contributed by atoms with Crippen LogP contribution in [0.5, 0.6) is 0 Å². The van der Waals surface area contributed by atoms with Crippen LogP contribution in [0.25, 0.3) is 0 Å². The van der Waals surface area contributed by atoms with Crippen molar-refractivity contribution in [3.05, 3.63) is 23.9 Å². The Morgan fingerprint density at radius 2 is 2.42 bits per heavy atom. The lowest BCUT2D eigenvalue weighted by atomic mass is 10.2. The van der Waals surface area contributed by atoms with Gasteiger partial charge in [-0.15, -0.1) is 0 Å². The molecule has 3 nitrogen and oxygen atoms in total. The summed E-state index contributed by atoms with van der Waals surface area (Å²) in [5, 5.41) is 0. The van der Waals surface area contributed by atoms with Crippen LogP contribution in [-0.2, 0) is 4.79 Å². The summed E-state index contributed by atoms with van der Waals surface area (Å²) < 4.78 is 0. The maximum absolute atomic E-state index is 11.0.